The van der Waals surface area contributed by atoms with Crippen molar-refractivity contribution in [3.05, 3.63) is 64.7 Å². The maximum atomic E-state index is 13.1. The fourth-order valence-corrected chi connectivity index (χ4v) is 4.82. The monoisotopic (exact) mass is 501 g/mol. The molecule has 0 unspecified atom stereocenters. The molecule has 2 fully saturated rings. The highest BCUT2D eigenvalue weighted by atomic mass is 16.5. The number of ether oxygens (including phenoxy) is 1. The average molecular weight is 501 g/mol. The number of rotatable bonds is 5. The van der Waals surface area contributed by atoms with Gasteiger partial charge < -0.3 is 20.7 Å². The van der Waals surface area contributed by atoms with Gasteiger partial charge in [-0.15, -0.1) is 0 Å². The van der Waals surface area contributed by atoms with Gasteiger partial charge in [-0.25, -0.2) is 4.79 Å². The van der Waals surface area contributed by atoms with E-state index in [4.69, 9.17) is 10.5 Å². The van der Waals surface area contributed by atoms with Crippen LogP contribution in [0.3, 0.4) is 0 Å². The molecule has 3 aliphatic rings. The number of urea groups is 1. The first kappa shape index (κ1) is 24.0. The summed E-state index contributed by atoms with van der Waals surface area (Å²) in [5, 5.41) is 7.05. The molecule has 0 spiro atoms. The van der Waals surface area contributed by atoms with Crippen LogP contribution in [0.4, 0.5) is 4.79 Å². The molecule has 0 aliphatic carbocycles. The molecule has 3 aliphatic heterocycles. The highest BCUT2D eigenvalue weighted by molar-refractivity contribution is 6.09. The van der Waals surface area contributed by atoms with Crippen LogP contribution in [0.25, 0.3) is 0 Å². The molecule has 2 atom stereocenters. The molecule has 3 heterocycles. The molecule has 37 heavy (non-hydrogen) atoms. The lowest BCUT2D eigenvalue weighted by molar-refractivity contribution is -0.127. The van der Waals surface area contributed by atoms with Crippen LogP contribution >= 0.6 is 0 Å². The Balaban J connectivity index is 1.41. The smallest absolute Gasteiger partial charge is 0.322 e. The van der Waals surface area contributed by atoms with Crippen LogP contribution in [0.2, 0.25) is 0 Å². The zero-order valence-corrected chi connectivity index (χ0v) is 19.8. The second kappa shape index (κ2) is 8.76. The molecule has 2 aromatic rings. The van der Waals surface area contributed by atoms with E-state index in [1.165, 1.54) is 12.0 Å². The Labute approximate surface area is 211 Å². The van der Waals surface area contributed by atoms with Gasteiger partial charge >= 0.3 is 6.03 Å². The van der Waals surface area contributed by atoms with E-state index in [0.717, 1.165) is 5.56 Å². The molecule has 188 valence electrons. The molecule has 6 amide bonds. The van der Waals surface area contributed by atoms with Gasteiger partial charge in [0.25, 0.3) is 11.8 Å². The van der Waals surface area contributed by atoms with Gasteiger partial charge in [-0.1, -0.05) is 30.0 Å². The summed E-state index contributed by atoms with van der Waals surface area (Å²) in [5.74, 6) is 4.58. The minimum absolute atomic E-state index is 0.0615. The van der Waals surface area contributed by atoms with E-state index in [0.29, 0.717) is 22.4 Å². The Morgan fingerprint density at radius 1 is 1.03 bits per heavy atom. The van der Waals surface area contributed by atoms with E-state index < -0.39 is 34.7 Å². The van der Waals surface area contributed by atoms with E-state index in [1.54, 1.807) is 42.5 Å². The van der Waals surface area contributed by atoms with E-state index in [-0.39, 0.29) is 32.0 Å². The van der Waals surface area contributed by atoms with Gasteiger partial charge in [0.2, 0.25) is 11.8 Å². The molecular formula is C26H23N5O6. The summed E-state index contributed by atoms with van der Waals surface area (Å²) in [7, 11) is 1.51. The van der Waals surface area contributed by atoms with Crippen molar-refractivity contribution in [2.45, 2.75) is 18.5 Å². The van der Waals surface area contributed by atoms with E-state index in [9.17, 15) is 24.0 Å². The fourth-order valence-electron chi connectivity index (χ4n) is 4.82. The highest BCUT2D eigenvalue weighted by Crippen LogP contribution is 2.34. The molecule has 5 rings (SSSR count). The highest BCUT2D eigenvalue weighted by Gasteiger charge is 2.49. The second-order valence-electron chi connectivity index (χ2n) is 9.17. The number of benzene rings is 2. The SMILES string of the molecule is COc1ccc2c(c1)C(=O)N(C[C@@]1(C#Cc3ccc([C@@]4(CN)NC(=O)NC4=O)cc3)CC(=O)NC1=O)C2. The minimum Gasteiger partial charge on any atom is -0.497 e. The standard InChI is InChI=1S/C26H23N5O6/c1-37-18-7-4-16-12-31(21(33)19(16)10-18)14-25(11-20(32)28-22(25)34)9-8-15-2-5-17(6-3-15)26(13-27)23(35)29-24(36)30-26/h2-7,10H,11-14,27H2,1H3,(H,28,32,34)(H2,29,30,35,36)/t25-,26-/m1/s1. The molecule has 5 N–H and O–H groups in total. The number of hydrogen-bond acceptors (Lipinski definition) is 7. The van der Waals surface area contributed by atoms with Crippen LogP contribution in [0.5, 0.6) is 5.75 Å². The summed E-state index contributed by atoms with van der Waals surface area (Å²) in [5.41, 5.74) is 5.26. The third kappa shape index (κ3) is 3.97. The minimum atomic E-state index is -1.42. The Kier molecular flexibility index (Phi) is 5.69. The topological polar surface area (TPSA) is 160 Å². The molecular weight excluding hydrogens is 478 g/mol. The Hall–Kier alpha value is -4.69. The Morgan fingerprint density at radius 2 is 1.78 bits per heavy atom. The molecule has 0 aromatic heterocycles. The number of nitrogens with one attached hydrogen (secondary N) is 3. The number of fused-ring (bicyclic) bond motifs is 1. The Bertz CT molecular complexity index is 1430. The number of carbonyl (C=O) groups excluding carboxylic acids is 5. The van der Waals surface area contributed by atoms with Crippen molar-refractivity contribution in [3.63, 3.8) is 0 Å². The molecule has 0 saturated carbocycles. The van der Waals surface area contributed by atoms with Crippen molar-refractivity contribution in [2.24, 2.45) is 11.1 Å². The number of amides is 6. The van der Waals surface area contributed by atoms with Crippen LogP contribution in [0.15, 0.2) is 42.5 Å². The van der Waals surface area contributed by atoms with Gasteiger partial charge in [0.05, 0.1) is 13.5 Å². The van der Waals surface area contributed by atoms with Gasteiger partial charge in [0, 0.05) is 30.8 Å². The maximum Gasteiger partial charge on any atom is 0.322 e. The lowest BCUT2D eigenvalue weighted by Crippen LogP contribution is -2.49. The molecule has 2 saturated heterocycles. The van der Waals surface area contributed by atoms with Crippen LogP contribution in [0, 0.1) is 17.3 Å². The lowest BCUT2D eigenvalue weighted by Gasteiger charge is -2.26. The number of carbonyl (C=O) groups is 5. The summed E-state index contributed by atoms with van der Waals surface area (Å²) < 4.78 is 5.21. The predicted octanol–water partition coefficient (Wildman–Crippen LogP) is -0.271. The van der Waals surface area contributed by atoms with Crippen molar-refractivity contribution < 1.29 is 28.7 Å². The van der Waals surface area contributed by atoms with Crippen LogP contribution in [-0.4, -0.2) is 54.8 Å². The van der Waals surface area contributed by atoms with Crippen LogP contribution < -0.4 is 26.4 Å². The number of hydrogen-bond donors (Lipinski definition) is 4. The van der Waals surface area contributed by atoms with E-state index in [1.807, 2.05) is 0 Å². The summed E-state index contributed by atoms with van der Waals surface area (Å²) in [4.78, 5) is 63.6. The summed E-state index contributed by atoms with van der Waals surface area (Å²) in [6.45, 7) is 0.0831. The molecule has 11 heteroatoms. The molecule has 0 radical (unpaired) electrons. The van der Waals surface area contributed by atoms with Crippen molar-refractivity contribution in [2.75, 3.05) is 20.2 Å². The average Bonchev–Trinajstić information content (AvgIpc) is 3.47. The molecule has 11 nitrogen and oxygen atoms in total. The second-order valence-corrected chi connectivity index (χ2v) is 9.17. The van der Waals surface area contributed by atoms with Crippen molar-refractivity contribution in [1.82, 2.24) is 20.9 Å². The number of imide groups is 2. The largest absolute Gasteiger partial charge is 0.497 e. The number of methoxy groups -OCH3 is 1. The number of nitrogens with two attached hydrogens (primary N) is 1. The maximum absolute atomic E-state index is 13.1. The first-order valence-corrected chi connectivity index (χ1v) is 11.5. The summed E-state index contributed by atoms with van der Waals surface area (Å²) in [6.07, 6.45) is -0.178. The normalized spacial score (nSPS) is 24.3. The van der Waals surface area contributed by atoms with Crippen molar-refractivity contribution in [1.29, 1.82) is 0 Å². The quantitative estimate of drug-likeness (QED) is 0.249. The first-order chi connectivity index (χ1) is 17.7. The third-order valence-electron chi connectivity index (χ3n) is 6.88. The van der Waals surface area contributed by atoms with Gasteiger partial charge in [0.15, 0.2) is 5.54 Å². The first-order valence-electron chi connectivity index (χ1n) is 11.5. The van der Waals surface area contributed by atoms with Gasteiger partial charge in [-0.3, -0.25) is 29.8 Å². The third-order valence-corrected chi connectivity index (χ3v) is 6.88. The van der Waals surface area contributed by atoms with E-state index >= 15 is 0 Å². The molecule has 2 aromatic carbocycles. The number of nitrogens with zero attached hydrogens (tertiary/aromatic N) is 1. The zero-order chi connectivity index (χ0) is 26.4. The Morgan fingerprint density at radius 3 is 2.38 bits per heavy atom. The van der Waals surface area contributed by atoms with Gasteiger partial charge in [-0.2, -0.15) is 0 Å². The zero-order valence-electron chi connectivity index (χ0n) is 19.8. The van der Waals surface area contributed by atoms with E-state index in [2.05, 4.69) is 27.8 Å². The molecule has 0 bridgehead atoms. The lowest BCUT2D eigenvalue weighted by atomic mass is 9.85. The van der Waals surface area contributed by atoms with Crippen LogP contribution in [-0.2, 0) is 26.5 Å². The van der Waals surface area contributed by atoms with Crippen molar-refractivity contribution >= 4 is 29.7 Å². The van der Waals surface area contributed by atoms with Gasteiger partial charge in [0.1, 0.15) is 11.2 Å². The van der Waals surface area contributed by atoms with Crippen LogP contribution in [0.1, 0.15) is 33.5 Å². The summed E-state index contributed by atoms with van der Waals surface area (Å²) >= 11 is 0. The summed E-state index contributed by atoms with van der Waals surface area (Å²) in [6, 6.07) is 11.1. The van der Waals surface area contributed by atoms with Crippen molar-refractivity contribution in [3.8, 4) is 17.6 Å². The van der Waals surface area contributed by atoms with Gasteiger partial charge in [-0.05, 0) is 35.4 Å². The predicted molar refractivity (Wildman–Crippen MR) is 129 cm³/mol. The fraction of sp³-hybridized carbons (Fsp3) is 0.269.